The van der Waals surface area contributed by atoms with Gasteiger partial charge in [-0.2, -0.15) is 15.4 Å². The molecule has 0 unspecified atom stereocenters. The van der Waals surface area contributed by atoms with Crippen LogP contribution in [0.25, 0.3) is 0 Å². The standard InChI is InChI=1S/C9H9N5O/c15-9(8-6-12-14-13-8)11-5-7-1-3-10-4-2-7/h1-4,6H,5H2,(H,11,15)(H,12,13,14). The van der Waals surface area contributed by atoms with Crippen LogP contribution in [0.1, 0.15) is 16.1 Å². The zero-order valence-corrected chi connectivity index (χ0v) is 7.84. The third kappa shape index (κ3) is 2.37. The lowest BCUT2D eigenvalue weighted by molar-refractivity contribution is 0.0946. The molecule has 76 valence electrons. The monoisotopic (exact) mass is 203 g/mol. The number of aromatic nitrogens is 4. The number of pyridine rings is 1. The maximum absolute atomic E-state index is 11.4. The van der Waals surface area contributed by atoms with Crippen LogP contribution in [0.2, 0.25) is 0 Å². The first-order valence-corrected chi connectivity index (χ1v) is 4.39. The topological polar surface area (TPSA) is 83.6 Å². The first kappa shape index (κ1) is 9.32. The number of hydrogen-bond donors (Lipinski definition) is 2. The second kappa shape index (κ2) is 4.32. The summed E-state index contributed by atoms with van der Waals surface area (Å²) in [7, 11) is 0. The van der Waals surface area contributed by atoms with Gasteiger partial charge in [-0.1, -0.05) is 0 Å². The molecule has 0 bridgehead atoms. The minimum absolute atomic E-state index is 0.249. The Morgan fingerprint density at radius 3 is 2.87 bits per heavy atom. The van der Waals surface area contributed by atoms with Crippen molar-refractivity contribution in [2.24, 2.45) is 0 Å². The summed E-state index contributed by atoms with van der Waals surface area (Å²) < 4.78 is 0. The number of amides is 1. The highest BCUT2D eigenvalue weighted by atomic mass is 16.1. The third-order valence-corrected chi connectivity index (χ3v) is 1.85. The molecule has 0 atom stereocenters. The van der Waals surface area contributed by atoms with E-state index < -0.39 is 0 Å². The largest absolute Gasteiger partial charge is 0.347 e. The fraction of sp³-hybridized carbons (Fsp3) is 0.111. The van der Waals surface area contributed by atoms with Gasteiger partial charge in [0, 0.05) is 18.9 Å². The zero-order chi connectivity index (χ0) is 10.5. The number of carbonyl (C=O) groups excluding carboxylic acids is 1. The Kier molecular flexibility index (Phi) is 2.68. The predicted molar refractivity (Wildman–Crippen MR) is 51.8 cm³/mol. The van der Waals surface area contributed by atoms with Crippen LogP contribution < -0.4 is 5.32 Å². The second-order valence-corrected chi connectivity index (χ2v) is 2.89. The SMILES string of the molecule is O=C(NCc1ccncc1)c1cn[nH]n1. The van der Waals surface area contributed by atoms with E-state index in [0.717, 1.165) is 5.56 Å². The molecule has 15 heavy (non-hydrogen) atoms. The van der Waals surface area contributed by atoms with Crippen LogP contribution in [0.3, 0.4) is 0 Å². The molecule has 6 nitrogen and oxygen atoms in total. The summed E-state index contributed by atoms with van der Waals surface area (Å²) in [6.07, 6.45) is 4.73. The molecule has 0 radical (unpaired) electrons. The highest BCUT2D eigenvalue weighted by Gasteiger charge is 2.07. The van der Waals surface area contributed by atoms with E-state index >= 15 is 0 Å². The van der Waals surface area contributed by atoms with Crippen molar-refractivity contribution in [2.75, 3.05) is 0 Å². The fourth-order valence-corrected chi connectivity index (χ4v) is 1.08. The van der Waals surface area contributed by atoms with Gasteiger partial charge in [-0.3, -0.25) is 9.78 Å². The maximum atomic E-state index is 11.4. The van der Waals surface area contributed by atoms with Crippen molar-refractivity contribution in [2.45, 2.75) is 6.54 Å². The first-order valence-electron chi connectivity index (χ1n) is 4.39. The van der Waals surface area contributed by atoms with E-state index in [1.807, 2.05) is 12.1 Å². The lowest BCUT2D eigenvalue weighted by Crippen LogP contribution is -2.23. The van der Waals surface area contributed by atoms with E-state index in [0.29, 0.717) is 6.54 Å². The molecule has 0 fully saturated rings. The molecule has 0 aliphatic heterocycles. The Hall–Kier alpha value is -2.24. The molecular formula is C9H9N5O. The van der Waals surface area contributed by atoms with Crippen LogP contribution in [0, 0.1) is 0 Å². The maximum Gasteiger partial charge on any atom is 0.273 e. The van der Waals surface area contributed by atoms with Gasteiger partial charge >= 0.3 is 0 Å². The normalized spacial score (nSPS) is 9.87. The first-order chi connectivity index (χ1) is 7.36. The molecule has 0 spiro atoms. The van der Waals surface area contributed by atoms with Crippen LogP contribution in [-0.4, -0.2) is 26.3 Å². The Labute approximate surface area is 85.7 Å². The van der Waals surface area contributed by atoms with Gasteiger partial charge < -0.3 is 5.32 Å². The molecule has 6 heteroatoms. The molecule has 0 aromatic carbocycles. The summed E-state index contributed by atoms with van der Waals surface area (Å²) in [6, 6.07) is 3.67. The average molecular weight is 203 g/mol. The van der Waals surface area contributed by atoms with Crippen LogP contribution in [0.5, 0.6) is 0 Å². The Morgan fingerprint density at radius 1 is 1.40 bits per heavy atom. The number of hydrogen-bond acceptors (Lipinski definition) is 4. The Morgan fingerprint density at radius 2 is 2.20 bits per heavy atom. The Balaban J connectivity index is 1.92. The Bertz CT molecular complexity index is 425. The van der Waals surface area contributed by atoms with Gasteiger partial charge in [-0.25, -0.2) is 0 Å². The molecule has 2 heterocycles. The van der Waals surface area contributed by atoms with E-state index in [4.69, 9.17) is 0 Å². The summed E-state index contributed by atoms with van der Waals surface area (Å²) in [4.78, 5) is 15.3. The molecule has 0 saturated heterocycles. The van der Waals surface area contributed by atoms with Crippen LogP contribution in [0.15, 0.2) is 30.7 Å². The molecular weight excluding hydrogens is 194 g/mol. The van der Waals surface area contributed by atoms with Gasteiger partial charge in [-0.05, 0) is 17.7 Å². The van der Waals surface area contributed by atoms with Crippen molar-refractivity contribution >= 4 is 5.91 Å². The summed E-state index contributed by atoms with van der Waals surface area (Å²) in [5, 5.41) is 12.3. The number of nitrogens with one attached hydrogen (secondary N) is 2. The summed E-state index contributed by atoms with van der Waals surface area (Å²) in [5.74, 6) is -0.249. The fourth-order valence-electron chi connectivity index (χ4n) is 1.08. The van der Waals surface area contributed by atoms with E-state index in [1.54, 1.807) is 12.4 Å². The van der Waals surface area contributed by atoms with Crippen molar-refractivity contribution in [1.82, 2.24) is 25.7 Å². The molecule has 2 N–H and O–H groups in total. The van der Waals surface area contributed by atoms with Gasteiger partial charge in [0.25, 0.3) is 5.91 Å². The lowest BCUT2D eigenvalue weighted by atomic mass is 10.2. The minimum atomic E-state index is -0.249. The smallest absolute Gasteiger partial charge is 0.273 e. The number of aromatic amines is 1. The molecule has 2 aromatic heterocycles. The molecule has 0 aliphatic carbocycles. The van der Waals surface area contributed by atoms with Crippen molar-refractivity contribution < 1.29 is 4.79 Å². The minimum Gasteiger partial charge on any atom is -0.347 e. The molecule has 2 aromatic rings. The van der Waals surface area contributed by atoms with Gasteiger partial charge in [0.15, 0.2) is 5.69 Å². The average Bonchev–Trinajstić information content (AvgIpc) is 2.81. The van der Waals surface area contributed by atoms with Gasteiger partial charge in [0.1, 0.15) is 0 Å². The molecule has 0 saturated carbocycles. The van der Waals surface area contributed by atoms with Crippen LogP contribution in [0.4, 0.5) is 0 Å². The van der Waals surface area contributed by atoms with Crippen LogP contribution >= 0.6 is 0 Å². The summed E-state index contributed by atoms with van der Waals surface area (Å²) >= 11 is 0. The third-order valence-electron chi connectivity index (χ3n) is 1.85. The predicted octanol–water partition coefficient (Wildman–Crippen LogP) is 0.130. The van der Waals surface area contributed by atoms with Crippen molar-refractivity contribution in [3.8, 4) is 0 Å². The van der Waals surface area contributed by atoms with Crippen molar-refractivity contribution in [1.29, 1.82) is 0 Å². The van der Waals surface area contributed by atoms with E-state index in [1.165, 1.54) is 6.20 Å². The van der Waals surface area contributed by atoms with Crippen molar-refractivity contribution in [3.63, 3.8) is 0 Å². The number of nitrogens with zero attached hydrogens (tertiary/aromatic N) is 3. The molecule has 2 rings (SSSR count). The summed E-state index contributed by atoms with van der Waals surface area (Å²) in [6.45, 7) is 0.453. The highest BCUT2D eigenvalue weighted by Crippen LogP contribution is 1.96. The molecule has 1 amide bonds. The van der Waals surface area contributed by atoms with E-state index in [9.17, 15) is 4.79 Å². The second-order valence-electron chi connectivity index (χ2n) is 2.89. The van der Waals surface area contributed by atoms with E-state index in [2.05, 4.69) is 25.7 Å². The lowest BCUT2D eigenvalue weighted by Gasteiger charge is -2.01. The number of rotatable bonds is 3. The zero-order valence-electron chi connectivity index (χ0n) is 7.84. The number of carbonyl (C=O) groups is 1. The number of H-pyrrole nitrogens is 1. The van der Waals surface area contributed by atoms with E-state index in [-0.39, 0.29) is 11.6 Å². The molecule has 0 aliphatic rings. The van der Waals surface area contributed by atoms with Crippen molar-refractivity contribution in [3.05, 3.63) is 42.0 Å². The van der Waals surface area contributed by atoms with Gasteiger partial charge in [-0.15, -0.1) is 0 Å². The quantitative estimate of drug-likeness (QED) is 0.742. The highest BCUT2D eigenvalue weighted by molar-refractivity contribution is 5.91. The summed E-state index contributed by atoms with van der Waals surface area (Å²) in [5.41, 5.74) is 1.27. The van der Waals surface area contributed by atoms with Crippen LogP contribution in [-0.2, 0) is 6.54 Å². The van der Waals surface area contributed by atoms with Gasteiger partial charge in [0.05, 0.1) is 6.20 Å². The van der Waals surface area contributed by atoms with Gasteiger partial charge in [0.2, 0.25) is 0 Å².